The Morgan fingerprint density at radius 2 is 2.06 bits per heavy atom. The molecular formula is C23H36N6O6. The molecule has 2 saturated heterocycles. The zero-order valence-corrected chi connectivity index (χ0v) is 20.8. The summed E-state index contributed by atoms with van der Waals surface area (Å²) in [5, 5.41) is 5.55. The quantitative estimate of drug-likeness (QED) is 0.384. The second-order valence-corrected chi connectivity index (χ2v) is 10.1. The van der Waals surface area contributed by atoms with Gasteiger partial charge in [0.15, 0.2) is 5.78 Å². The predicted molar refractivity (Wildman–Crippen MR) is 127 cm³/mol. The van der Waals surface area contributed by atoms with Gasteiger partial charge in [-0.2, -0.15) is 0 Å². The fourth-order valence-corrected chi connectivity index (χ4v) is 3.65. The molecule has 0 saturated carbocycles. The number of morpholine rings is 1. The summed E-state index contributed by atoms with van der Waals surface area (Å²) < 4.78 is 16.1. The number of guanidine groups is 1. The van der Waals surface area contributed by atoms with Gasteiger partial charge in [-0.25, -0.2) is 14.8 Å². The molecule has 3 heterocycles. The van der Waals surface area contributed by atoms with Gasteiger partial charge in [0.05, 0.1) is 38.8 Å². The van der Waals surface area contributed by atoms with Crippen LogP contribution >= 0.6 is 0 Å². The zero-order chi connectivity index (χ0) is 25.4. The topological polar surface area (TPSA) is 147 Å². The molecule has 3 atom stereocenters. The summed E-state index contributed by atoms with van der Waals surface area (Å²) in [6.45, 7) is 10.2. The normalized spacial score (nSPS) is 22.5. The average molecular weight is 493 g/mol. The Bertz CT molecular complexity index is 891. The molecule has 0 aromatic carbocycles. The highest BCUT2D eigenvalue weighted by Crippen LogP contribution is 2.14. The minimum atomic E-state index is -0.931. The number of hydrogen-bond acceptors (Lipinski definition) is 8. The Labute approximate surface area is 205 Å². The molecule has 1 aromatic rings. The van der Waals surface area contributed by atoms with Crippen LogP contribution in [0.15, 0.2) is 17.5 Å². The first-order valence-electron chi connectivity index (χ1n) is 11.8. The molecule has 35 heavy (non-hydrogen) atoms. The number of carbonyl (C=O) groups excluding carboxylic acids is 3. The number of Topliss-reactive ketones (excluding diaryl/α,β-unsaturated/α-hetero) is 1. The van der Waals surface area contributed by atoms with E-state index < -0.39 is 24.1 Å². The minimum absolute atomic E-state index is 0.0377. The number of carbonyl (C=O) groups is 3. The molecule has 2 amide bonds. The number of alkyl carbamates (subject to hydrolysis) is 1. The Morgan fingerprint density at radius 1 is 1.31 bits per heavy atom. The van der Waals surface area contributed by atoms with Crippen LogP contribution < -0.4 is 10.6 Å². The fraction of sp³-hybridized carbons (Fsp3) is 0.696. The van der Waals surface area contributed by atoms with Crippen LogP contribution in [0.3, 0.4) is 0 Å². The number of ether oxygens (including phenoxy) is 3. The van der Waals surface area contributed by atoms with Crippen molar-refractivity contribution in [3.05, 3.63) is 18.2 Å². The molecule has 3 N–H and O–H groups in total. The van der Waals surface area contributed by atoms with Gasteiger partial charge in [0.1, 0.15) is 12.6 Å². The van der Waals surface area contributed by atoms with E-state index in [4.69, 9.17) is 14.2 Å². The molecule has 0 radical (unpaired) electrons. The van der Waals surface area contributed by atoms with Crippen LogP contribution in [0.2, 0.25) is 0 Å². The molecule has 0 aliphatic carbocycles. The lowest BCUT2D eigenvalue weighted by atomic mass is 9.96. The van der Waals surface area contributed by atoms with Crippen molar-refractivity contribution in [3.8, 4) is 0 Å². The average Bonchev–Trinajstić information content (AvgIpc) is 3.32. The molecule has 2 fully saturated rings. The van der Waals surface area contributed by atoms with Crippen molar-refractivity contribution < 1.29 is 28.6 Å². The number of aromatic nitrogens is 2. The smallest absolute Gasteiger partial charge is 0.413 e. The predicted octanol–water partition coefficient (Wildman–Crippen LogP) is 0.502. The monoisotopic (exact) mass is 492 g/mol. The fourth-order valence-electron chi connectivity index (χ4n) is 3.65. The van der Waals surface area contributed by atoms with E-state index in [0.29, 0.717) is 38.6 Å². The summed E-state index contributed by atoms with van der Waals surface area (Å²) in [4.78, 5) is 51.8. The SMILES string of the molecule is CC1COCC(=O)C1NC(=O)C(Cc1cnc[nH]1)N=C(NC(=O)OCC(C)(C)C)N1CCOCC1. The van der Waals surface area contributed by atoms with Crippen molar-refractivity contribution in [2.45, 2.75) is 46.2 Å². The first kappa shape index (κ1) is 26.6. The number of H-pyrrole nitrogens is 1. The molecule has 0 spiro atoms. The number of rotatable bonds is 6. The summed E-state index contributed by atoms with van der Waals surface area (Å²) in [5.41, 5.74) is 0.487. The molecule has 3 unspecified atom stereocenters. The van der Waals surface area contributed by atoms with Crippen molar-refractivity contribution >= 4 is 23.7 Å². The molecule has 1 aromatic heterocycles. The standard InChI is InChI=1S/C23H36N6O6/c1-15-11-34-12-18(30)19(15)27-20(31)17(9-16-10-24-14-25-16)26-21(29-5-7-33-8-6-29)28-22(32)35-13-23(2,3)4/h10,14-15,17,19H,5-9,11-13H2,1-4H3,(H,24,25)(H,27,31)(H,26,28,32). The van der Waals surface area contributed by atoms with Crippen LogP contribution in [0.25, 0.3) is 0 Å². The van der Waals surface area contributed by atoms with E-state index in [1.807, 2.05) is 32.6 Å². The molecule has 0 bridgehead atoms. The van der Waals surface area contributed by atoms with Crippen LogP contribution in [0.5, 0.6) is 0 Å². The largest absolute Gasteiger partial charge is 0.449 e. The Hall–Kier alpha value is -2.99. The van der Waals surface area contributed by atoms with Crippen molar-refractivity contribution in [1.29, 1.82) is 0 Å². The summed E-state index contributed by atoms with van der Waals surface area (Å²) in [6, 6.07) is -1.59. The van der Waals surface area contributed by atoms with E-state index in [0.717, 1.165) is 0 Å². The highest BCUT2D eigenvalue weighted by atomic mass is 16.5. The molecular weight excluding hydrogens is 456 g/mol. The lowest BCUT2D eigenvalue weighted by molar-refractivity contribution is -0.137. The highest BCUT2D eigenvalue weighted by Gasteiger charge is 2.33. The van der Waals surface area contributed by atoms with Gasteiger partial charge in [-0.15, -0.1) is 0 Å². The molecule has 3 rings (SSSR count). The lowest BCUT2D eigenvalue weighted by Gasteiger charge is -2.31. The van der Waals surface area contributed by atoms with Gasteiger partial charge in [0, 0.05) is 37.3 Å². The number of amides is 2. The van der Waals surface area contributed by atoms with E-state index in [2.05, 4.69) is 25.6 Å². The van der Waals surface area contributed by atoms with E-state index in [9.17, 15) is 14.4 Å². The molecule has 12 heteroatoms. The molecule has 2 aliphatic rings. The Balaban J connectivity index is 1.83. The first-order valence-corrected chi connectivity index (χ1v) is 11.8. The van der Waals surface area contributed by atoms with E-state index >= 15 is 0 Å². The number of aliphatic imine (C=N–C) groups is 1. The highest BCUT2D eigenvalue weighted by molar-refractivity contribution is 5.97. The summed E-state index contributed by atoms with van der Waals surface area (Å²) in [5.74, 6) is -0.555. The third kappa shape index (κ3) is 8.32. The van der Waals surface area contributed by atoms with Crippen molar-refractivity contribution in [2.24, 2.45) is 16.3 Å². The molecule has 194 valence electrons. The Kier molecular flexibility index (Phi) is 9.21. The number of nitrogens with one attached hydrogen (secondary N) is 3. The van der Waals surface area contributed by atoms with Crippen LogP contribution in [0.4, 0.5) is 4.79 Å². The number of aromatic amines is 1. The second-order valence-electron chi connectivity index (χ2n) is 10.1. The van der Waals surface area contributed by atoms with Crippen LogP contribution in [0.1, 0.15) is 33.4 Å². The number of nitrogens with zero attached hydrogens (tertiary/aromatic N) is 3. The van der Waals surface area contributed by atoms with Crippen LogP contribution in [-0.4, -0.2) is 96.8 Å². The zero-order valence-electron chi connectivity index (χ0n) is 20.8. The van der Waals surface area contributed by atoms with Crippen molar-refractivity contribution in [1.82, 2.24) is 25.5 Å². The van der Waals surface area contributed by atoms with Crippen LogP contribution in [-0.2, 0) is 30.2 Å². The van der Waals surface area contributed by atoms with Gasteiger partial charge < -0.3 is 29.4 Å². The summed E-state index contributed by atoms with van der Waals surface area (Å²) >= 11 is 0. The Morgan fingerprint density at radius 3 is 2.69 bits per heavy atom. The van der Waals surface area contributed by atoms with Crippen molar-refractivity contribution in [2.75, 3.05) is 46.1 Å². The van der Waals surface area contributed by atoms with Gasteiger partial charge in [0.25, 0.3) is 0 Å². The number of imidazole rings is 1. The van der Waals surface area contributed by atoms with Crippen LogP contribution in [0, 0.1) is 11.3 Å². The summed E-state index contributed by atoms with van der Waals surface area (Å²) in [6.07, 6.45) is 2.67. The van der Waals surface area contributed by atoms with Gasteiger partial charge in [0.2, 0.25) is 11.9 Å². The van der Waals surface area contributed by atoms with Gasteiger partial charge in [-0.05, 0) is 5.41 Å². The maximum atomic E-state index is 13.4. The van der Waals surface area contributed by atoms with Gasteiger partial charge in [-0.1, -0.05) is 27.7 Å². The molecule has 2 aliphatic heterocycles. The van der Waals surface area contributed by atoms with E-state index in [-0.39, 0.29) is 42.7 Å². The van der Waals surface area contributed by atoms with Crippen molar-refractivity contribution in [3.63, 3.8) is 0 Å². The third-order valence-electron chi connectivity index (χ3n) is 5.55. The first-order chi connectivity index (χ1) is 16.6. The number of hydrogen-bond donors (Lipinski definition) is 3. The lowest BCUT2D eigenvalue weighted by Crippen LogP contribution is -2.54. The van der Waals surface area contributed by atoms with E-state index in [1.165, 1.54) is 6.33 Å². The molecule has 12 nitrogen and oxygen atoms in total. The maximum Gasteiger partial charge on any atom is 0.413 e. The van der Waals surface area contributed by atoms with E-state index in [1.54, 1.807) is 6.20 Å². The second kappa shape index (κ2) is 12.1. The number of ketones is 1. The van der Waals surface area contributed by atoms with Gasteiger partial charge >= 0.3 is 6.09 Å². The third-order valence-corrected chi connectivity index (χ3v) is 5.55. The summed E-state index contributed by atoms with van der Waals surface area (Å²) in [7, 11) is 0. The van der Waals surface area contributed by atoms with Gasteiger partial charge in [-0.3, -0.25) is 14.9 Å². The minimum Gasteiger partial charge on any atom is -0.449 e. The maximum absolute atomic E-state index is 13.4.